The monoisotopic (exact) mass is 539 g/mol. The van der Waals surface area contributed by atoms with E-state index in [1.54, 1.807) is 19.1 Å². The topological polar surface area (TPSA) is 86.8 Å². The summed E-state index contributed by atoms with van der Waals surface area (Å²) in [6.07, 6.45) is -0.157. The van der Waals surface area contributed by atoms with Crippen LogP contribution in [-0.2, 0) is 32.3 Å². The lowest BCUT2D eigenvalue weighted by atomic mass is 10.1. The molecule has 3 rings (SSSR count). The number of rotatable bonds is 9. The van der Waals surface area contributed by atoms with Gasteiger partial charge < -0.3 is 10.2 Å². The summed E-state index contributed by atoms with van der Waals surface area (Å²) < 4.78 is 65.6. The fraction of sp³-hybridized carbons (Fsp3) is 0.462. The van der Waals surface area contributed by atoms with Crippen LogP contribution in [0, 0.1) is 6.92 Å². The van der Waals surface area contributed by atoms with Gasteiger partial charge in [0.25, 0.3) is 0 Å². The van der Waals surface area contributed by atoms with Gasteiger partial charge >= 0.3 is 6.18 Å². The van der Waals surface area contributed by atoms with Crippen LogP contribution in [0.2, 0.25) is 0 Å². The maximum atomic E-state index is 13.5. The number of nitrogens with zero attached hydrogens (tertiary/aromatic N) is 2. The molecule has 2 aromatic carbocycles. The molecule has 2 amide bonds. The third kappa shape index (κ3) is 7.70. The number of carbonyl (C=O) groups is 2. The maximum absolute atomic E-state index is 13.5. The van der Waals surface area contributed by atoms with Gasteiger partial charge in [0.05, 0.1) is 17.5 Å². The molecule has 7 nitrogen and oxygen atoms in total. The Morgan fingerprint density at radius 1 is 1.08 bits per heavy atom. The third-order valence-corrected chi connectivity index (χ3v) is 7.62. The second kappa shape index (κ2) is 11.5. The number of nitrogens with one attached hydrogen (secondary N) is 1. The van der Waals surface area contributed by atoms with Crippen LogP contribution in [0.4, 0.5) is 18.9 Å². The highest BCUT2D eigenvalue weighted by Gasteiger charge is 2.34. The Morgan fingerprint density at radius 3 is 2.27 bits per heavy atom. The van der Waals surface area contributed by atoms with E-state index in [0.717, 1.165) is 55.2 Å². The predicted octanol–water partition coefficient (Wildman–Crippen LogP) is 4.26. The zero-order valence-corrected chi connectivity index (χ0v) is 21.9. The van der Waals surface area contributed by atoms with Crippen molar-refractivity contribution in [3.63, 3.8) is 0 Å². The van der Waals surface area contributed by atoms with E-state index in [4.69, 9.17) is 0 Å². The van der Waals surface area contributed by atoms with Crippen molar-refractivity contribution in [2.24, 2.45) is 0 Å². The Hall–Kier alpha value is -3.08. The summed E-state index contributed by atoms with van der Waals surface area (Å²) in [6, 6.07) is 10.2. The number of halogens is 3. The summed E-state index contributed by atoms with van der Waals surface area (Å²) in [6.45, 7) is 2.74. The van der Waals surface area contributed by atoms with Crippen LogP contribution in [0.25, 0.3) is 0 Å². The minimum Gasteiger partial charge on any atom is -0.352 e. The first-order valence-electron chi connectivity index (χ1n) is 12.1. The first kappa shape index (κ1) is 28.5. The lowest BCUT2D eigenvalue weighted by molar-refractivity contribution is -0.139. The van der Waals surface area contributed by atoms with Gasteiger partial charge in [-0.05, 0) is 50.5 Å². The van der Waals surface area contributed by atoms with Crippen molar-refractivity contribution in [1.82, 2.24) is 10.2 Å². The minimum absolute atomic E-state index is 0.0175. The van der Waals surface area contributed by atoms with Crippen molar-refractivity contribution in [2.45, 2.75) is 64.3 Å². The van der Waals surface area contributed by atoms with Crippen molar-refractivity contribution in [1.29, 1.82) is 0 Å². The van der Waals surface area contributed by atoms with Crippen molar-refractivity contribution in [3.8, 4) is 0 Å². The number of benzene rings is 2. The zero-order chi connectivity index (χ0) is 27.4. The molecule has 1 fully saturated rings. The van der Waals surface area contributed by atoms with Crippen LogP contribution < -0.4 is 9.62 Å². The van der Waals surface area contributed by atoms with Crippen LogP contribution in [-0.4, -0.2) is 50.0 Å². The lowest BCUT2D eigenvalue weighted by Crippen LogP contribution is -2.52. The van der Waals surface area contributed by atoms with Crippen LogP contribution in [0.1, 0.15) is 49.3 Å². The van der Waals surface area contributed by atoms with Gasteiger partial charge in [-0.25, -0.2) is 8.42 Å². The van der Waals surface area contributed by atoms with Crippen LogP contribution in [0.5, 0.6) is 0 Å². The SMILES string of the molecule is Cc1ccc(CN(C(=O)CN(c2cccc(C(F)(F)F)c2)S(C)(=O)=O)[C@@H](C)C(=O)NC2CCCC2)cc1. The molecule has 2 aromatic rings. The molecule has 1 aliphatic rings. The summed E-state index contributed by atoms with van der Waals surface area (Å²) in [7, 11) is -4.13. The second-order valence-electron chi connectivity index (χ2n) is 9.49. The Bertz CT molecular complexity index is 1210. The molecule has 0 heterocycles. The van der Waals surface area contributed by atoms with E-state index in [2.05, 4.69) is 5.32 Å². The molecule has 0 aromatic heterocycles. The highest BCUT2D eigenvalue weighted by molar-refractivity contribution is 7.92. The average Bonchev–Trinajstić information content (AvgIpc) is 3.33. The quantitative estimate of drug-likeness (QED) is 0.516. The molecular weight excluding hydrogens is 507 g/mol. The number of anilines is 1. The molecule has 0 saturated heterocycles. The van der Waals surface area contributed by atoms with Gasteiger partial charge in [0.1, 0.15) is 12.6 Å². The molecule has 0 aliphatic heterocycles. The van der Waals surface area contributed by atoms with Gasteiger partial charge in [-0.1, -0.05) is 48.7 Å². The molecule has 11 heteroatoms. The zero-order valence-electron chi connectivity index (χ0n) is 21.1. The van der Waals surface area contributed by atoms with Gasteiger partial charge in [-0.3, -0.25) is 13.9 Å². The maximum Gasteiger partial charge on any atom is 0.416 e. The molecule has 202 valence electrons. The average molecular weight is 540 g/mol. The van der Waals surface area contributed by atoms with Crippen LogP contribution in [0.3, 0.4) is 0 Å². The number of sulfonamides is 1. The molecule has 0 spiro atoms. The van der Waals surface area contributed by atoms with Crippen LogP contribution in [0.15, 0.2) is 48.5 Å². The summed E-state index contributed by atoms with van der Waals surface area (Å²) >= 11 is 0. The molecule has 1 N–H and O–H groups in total. The number of alkyl halides is 3. The first-order valence-corrected chi connectivity index (χ1v) is 13.9. The van der Waals surface area contributed by atoms with E-state index < -0.39 is 40.3 Å². The molecule has 0 unspecified atom stereocenters. The highest BCUT2D eigenvalue weighted by Crippen LogP contribution is 2.32. The first-order chi connectivity index (χ1) is 17.3. The second-order valence-corrected chi connectivity index (χ2v) is 11.4. The summed E-state index contributed by atoms with van der Waals surface area (Å²) in [4.78, 5) is 27.8. The minimum atomic E-state index is -4.69. The fourth-order valence-corrected chi connectivity index (χ4v) is 5.16. The fourth-order valence-electron chi connectivity index (χ4n) is 4.32. The number of hydrogen-bond acceptors (Lipinski definition) is 4. The largest absolute Gasteiger partial charge is 0.416 e. The summed E-state index contributed by atoms with van der Waals surface area (Å²) in [5, 5.41) is 2.96. The smallest absolute Gasteiger partial charge is 0.352 e. The van der Waals surface area contributed by atoms with Crippen molar-refractivity contribution in [3.05, 3.63) is 65.2 Å². The summed E-state index contributed by atoms with van der Waals surface area (Å²) in [5.74, 6) is -1.07. The Labute approximate surface area is 215 Å². The molecule has 0 bridgehead atoms. The van der Waals surface area contributed by atoms with Gasteiger partial charge in [0.2, 0.25) is 21.8 Å². The Balaban J connectivity index is 1.91. The molecule has 0 radical (unpaired) electrons. The van der Waals surface area contributed by atoms with Gasteiger partial charge in [-0.15, -0.1) is 0 Å². The molecule has 1 saturated carbocycles. The number of aryl methyl sites for hydroxylation is 1. The van der Waals surface area contributed by atoms with Crippen LogP contribution >= 0.6 is 0 Å². The van der Waals surface area contributed by atoms with E-state index in [0.29, 0.717) is 10.4 Å². The lowest BCUT2D eigenvalue weighted by Gasteiger charge is -2.32. The Kier molecular flexibility index (Phi) is 8.88. The van der Waals surface area contributed by atoms with Gasteiger partial charge in [0, 0.05) is 12.6 Å². The molecule has 1 aliphatic carbocycles. The summed E-state index contributed by atoms with van der Waals surface area (Å²) in [5.41, 5.74) is 0.404. The molecule has 1 atom stereocenters. The number of carbonyl (C=O) groups excluding carboxylic acids is 2. The van der Waals surface area contributed by atoms with E-state index in [9.17, 15) is 31.2 Å². The highest BCUT2D eigenvalue weighted by atomic mass is 32.2. The van der Waals surface area contributed by atoms with E-state index in [1.807, 2.05) is 19.1 Å². The molecule has 37 heavy (non-hydrogen) atoms. The predicted molar refractivity (Wildman–Crippen MR) is 135 cm³/mol. The standard InChI is InChI=1S/C26H32F3N3O4S/c1-18-11-13-20(14-12-18)16-31(19(2)25(34)30-22-8-4-5-9-22)24(33)17-32(37(3,35)36)23-10-6-7-21(15-23)26(27,28)29/h6-7,10-15,19,22H,4-5,8-9,16-17H2,1-3H3,(H,30,34)/t19-/m0/s1. The van der Waals surface area contributed by atoms with E-state index in [1.165, 1.54) is 11.0 Å². The van der Waals surface area contributed by atoms with Gasteiger partial charge in [-0.2, -0.15) is 13.2 Å². The van der Waals surface area contributed by atoms with E-state index in [-0.39, 0.29) is 24.2 Å². The van der Waals surface area contributed by atoms with Gasteiger partial charge in [0.15, 0.2) is 0 Å². The van der Waals surface area contributed by atoms with Crippen molar-refractivity contribution >= 4 is 27.5 Å². The molecular formula is C26H32F3N3O4S. The van der Waals surface area contributed by atoms with E-state index >= 15 is 0 Å². The normalized spacial score (nSPS) is 15.3. The van der Waals surface area contributed by atoms with Crippen molar-refractivity contribution in [2.75, 3.05) is 17.1 Å². The third-order valence-electron chi connectivity index (χ3n) is 6.48. The Morgan fingerprint density at radius 2 is 1.70 bits per heavy atom. The van der Waals surface area contributed by atoms with Crippen molar-refractivity contribution < 1.29 is 31.2 Å². The number of hydrogen-bond donors (Lipinski definition) is 1. The number of amides is 2.